The fraction of sp³-hybridized carbons (Fsp3) is 0.188. The zero-order valence-corrected chi connectivity index (χ0v) is 11.2. The lowest BCUT2D eigenvalue weighted by Crippen LogP contribution is -2.29. The van der Waals surface area contributed by atoms with Crippen molar-refractivity contribution in [1.82, 2.24) is 5.32 Å². The van der Waals surface area contributed by atoms with E-state index in [9.17, 15) is 9.90 Å². The molecule has 3 N–H and O–H groups in total. The lowest BCUT2D eigenvalue weighted by molar-refractivity contribution is 0.252. The van der Waals surface area contributed by atoms with Crippen LogP contribution in [0, 0.1) is 0 Å². The summed E-state index contributed by atoms with van der Waals surface area (Å²) in [6, 6.07) is 16.4. The zero-order chi connectivity index (χ0) is 14.2. The molecule has 0 saturated carbocycles. The van der Waals surface area contributed by atoms with Crippen molar-refractivity contribution in [2.45, 2.75) is 12.8 Å². The van der Waals surface area contributed by atoms with Crippen molar-refractivity contribution in [1.29, 1.82) is 0 Å². The molecule has 2 amide bonds. The van der Waals surface area contributed by atoms with Gasteiger partial charge in [-0.15, -0.1) is 0 Å². The number of benzene rings is 2. The predicted octanol–water partition coefficient (Wildman–Crippen LogP) is 3.15. The molecule has 0 saturated heterocycles. The topological polar surface area (TPSA) is 61.4 Å². The van der Waals surface area contributed by atoms with Gasteiger partial charge in [0.15, 0.2) is 0 Å². The van der Waals surface area contributed by atoms with E-state index in [-0.39, 0.29) is 11.8 Å². The Morgan fingerprint density at radius 1 is 1.05 bits per heavy atom. The van der Waals surface area contributed by atoms with Gasteiger partial charge in [0, 0.05) is 18.3 Å². The van der Waals surface area contributed by atoms with Gasteiger partial charge in [0.1, 0.15) is 5.75 Å². The number of phenolic OH excluding ortho intramolecular Hbond substituents is 1. The summed E-state index contributed by atoms with van der Waals surface area (Å²) in [5, 5.41) is 14.8. The number of aromatic hydroxyl groups is 1. The van der Waals surface area contributed by atoms with E-state index in [4.69, 9.17) is 0 Å². The molecule has 0 aliphatic carbocycles. The largest absolute Gasteiger partial charge is 0.508 e. The molecule has 0 radical (unpaired) electrons. The number of amides is 2. The maximum absolute atomic E-state index is 11.6. The second kappa shape index (κ2) is 7.19. The lowest BCUT2D eigenvalue weighted by Gasteiger charge is -2.08. The Balaban J connectivity index is 1.68. The molecule has 2 aromatic rings. The zero-order valence-electron chi connectivity index (χ0n) is 11.2. The van der Waals surface area contributed by atoms with Gasteiger partial charge in [0.25, 0.3) is 0 Å². The highest BCUT2D eigenvalue weighted by molar-refractivity contribution is 5.89. The molecule has 2 aromatic carbocycles. The molecule has 104 valence electrons. The fourth-order valence-corrected chi connectivity index (χ4v) is 1.90. The molecule has 0 aliphatic heterocycles. The van der Waals surface area contributed by atoms with Gasteiger partial charge in [-0.25, -0.2) is 4.79 Å². The number of phenols is 1. The number of hydrogen-bond acceptors (Lipinski definition) is 2. The van der Waals surface area contributed by atoms with Crippen LogP contribution in [0.3, 0.4) is 0 Å². The van der Waals surface area contributed by atoms with Crippen molar-refractivity contribution in [3.63, 3.8) is 0 Å². The van der Waals surface area contributed by atoms with Gasteiger partial charge in [-0.1, -0.05) is 36.4 Å². The van der Waals surface area contributed by atoms with Crippen molar-refractivity contribution in [2.24, 2.45) is 0 Å². The Morgan fingerprint density at radius 2 is 1.85 bits per heavy atom. The van der Waals surface area contributed by atoms with E-state index in [1.165, 1.54) is 11.6 Å². The van der Waals surface area contributed by atoms with E-state index in [1.54, 1.807) is 18.2 Å². The van der Waals surface area contributed by atoms with E-state index in [2.05, 4.69) is 22.8 Å². The number of hydrogen-bond donors (Lipinski definition) is 3. The van der Waals surface area contributed by atoms with Crippen LogP contribution in [0.25, 0.3) is 0 Å². The molecule has 0 aliphatic rings. The van der Waals surface area contributed by atoms with Crippen LogP contribution in [-0.4, -0.2) is 17.7 Å². The van der Waals surface area contributed by atoms with Crippen molar-refractivity contribution in [2.75, 3.05) is 11.9 Å². The molecule has 0 heterocycles. The molecule has 4 heteroatoms. The molecule has 20 heavy (non-hydrogen) atoms. The fourth-order valence-electron chi connectivity index (χ4n) is 1.90. The second-order valence-corrected chi connectivity index (χ2v) is 4.52. The molecule has 0 fully saturated rings. The van der Waals surface area contributed by atoms with Crippen LogP contribution in [0.5, 0.6) is 5.75 Å². The second-order valence-electron chi connectivity index (χ2n) is 4.52. The molecular weight excluding hydrogens is 252 g/mol. The van der Waals surface area contributed by atoms with Crippen molar-refractivity contribution in [3.05, 3.63) is 60.2 Å². The molecule has 0 atom stereocenters. The SMILES string of the molecule is O=C(NCCCc1ccccc1)Nc1cccc(O)c1. The van der Waals surface area contributed by atoms with Crippen molar-refractivity contribution >= 4 is 11.7 Å². The predicted molar refractivity (Wildman–Crippen MR) is 79.9 cm³/mol. The first-order chi connectivity index (χ1) is 9.74. The van der Waals surface area contributed by atoms with Crippen LogP contribution in [0.15, 0.2) is 54.6 Å². The quantitative estimate of drug-likeness (QED) is 0.731. The summed E-state index contributed by atoms with van der Waals surface area (Å²) < 4.78 is 0. The first-order valence-electron chi connectivity index (χ1n) is 6.62. The number of rotatable bonds is 5. The summed E-state index contributed by atoms with van der Waals surface area (Å²) in [6.45, 7) is 0.611. The minimum Gasteiger partial charge on any atom is -0.508 e. The average molecular weight is 270 g/mol. The van der Waals surface area contributed by atoms with Crippen molar-refractivity contribution in [3.8, 4) is 5.75 Å². The van der Waals surface area contributed by atoms with Crippen LogP contribution in [0.1, 0.15) is 12.0 Å². The highest BCUT2D eigenvalue weighted by Gasteiger charge is 2.01. The molecule has 0 unspecified atom stereocenters. The third-order valence-corrected chi connectivity index (χ3v) is 2.87. The summed E-state index contributed by atoms with van der Waals surface area (Å²) >= 11 is 0. The summed E-state index contributed by atoms with van der Waals surface area (Å²) in [5.41, 5.74) is 1.84. The Labute approximate surface area is 118 Å². The van der Waals surface area contributed by atoms with Crippen LogP contribution in [0.4, 0.5) is 10.5 Å². The number of anilines is 1. The normalized spacial score (nSPS) is 10.0. The van der Waals surface area contributed by atoms with Gasteiger partial charge in [-0.2, -0.15) is 0 Å². The number of carbonyl (C=O) groups excluding carboxylic acids is 1. The van der Waals surface area contributed by atoms with Gasteiger partial charge in [-0.05, 0) is 30.5 Å². The Morgan fingerprint density at radius 3 is 2.60 bits per heavy atom. The molecule has 0 spiro atoms. The molecule has 2 rings (SSSR count). The smallest absolute Gasteiger partial charge is 0.319 e. The van der Waals surface area contributed by atoms with Gasteiger partial charge in [-0.3, -0.25) is 0 Å². The van der Waals surface area contributed by atoms with E-state index < -0.39 is 0 Å². The van der Waals surface area contributed by atoms with E-state index in [0.29, 0.717) is 12.2 Å². The van der Waals surface area contributed by atoms with E-state index in [1.807, 2.05) is 18.2 Å². The maximum Gasteiger partial charge on any atom is 0.319 e. The van der Waals surface area contributed by atoms with Crippen LogP contribution < -0.4 is 10.6 Å². The van der Waals surface area contributed by atoms with Crippen LogP contribution in [-0.2, 0) is 6.42 Å². The number of carbonyl (C=O) groups is 1. The highest BCUT2D eigenvalue weighted by Crippen LogP contribution is 2.14. The molecular formula is C16H18N2O2. The van der Waals surface area contributed by atoms with Gasteiger partial charge < -0.3 is 15.7 Å². The van der Waals surface area contributed by atoms with Crippen molar-refractivity contribution < 1.29 is 9.90 Å². The Hall–Kier alpha value is -2.49. The summed E-state index contributed by atoms with van der Waals surface area (Å²) in [6.07, 6.45) is 1.82. The molecule has 0 bridgehead atoms. The van der Waals surface area contributed by atoms with Crippen LogP contribution in [0.2, 0.25) is 0 Å². The standard InChI is InChI=1S/C16H18N2O2/c19-15-10-4-9-14(12-15)18-16(20)17-11-5-8-13-6-2-1-3-7-13/h1-4,6-7,9-10,12,19H,5,8,11H2,(H2,17,18,20). The summed E-state index contributed by atoms with van der Waals surface area (Å²) in [4.78, 5) is 11.6. The first kappa shape index (κ1) is 13.9. The monoisotopic (exact) mass is 270 g/mol. The third kappa shape index (κ3) is 4.65. The Bertz CT molecular complexity index is 555. The minimum atomic E-state index is -0.260. The van der Waals surface area contributed by atoms with Gasteiger partial charge in [0.05, 0.1) is 0 Å². The maximum atomic E-state index is 11.6. The summed E-state index contributed by atoms with van der Waals surface area (Å²) in [7, 11) is 0. The van der Waals surface area contributed by atoms with Gasteiger partial charge >= 0.3 is 6.03 Å². The summed E-state index contributed by atoms with van der Waals surface area (Å²) in [5.74, 6) is 0.131. The minimum absolute atomic E-state index is 0.131. The number of nitrogens with one attached hydrogen (secondary N) is 2. The van der Waals surface area contributed by atoms with Crippen LogP contribution >= 0.6 is 0 Å². The van der Waals surface area contributed by atoms with E-state index in [0.717, 1.165) is 12.8 Å². The lowest BCUT2D eigenvalue weighted by atomic mass is 10.1. The first-order valence-corrected chi connectivity index (χ1v) is 6.62. The average Bonchev–Trinajstić information content (AvgIpc) is 2.45. The number of aryl methyl sites for hydroxylation is 1. The molecule has 0 aromatic heterocycles. The third-order valence-electron chi connectivity index (χ3n) is 2.87. The number of urea groups is 1. The Kier molecular flexibility index (Phi) is 5.00. The van der Waals surface area contributed by atoms with Gasteiger partial charge in [0.2, 0.25) is 0 Å². The van der Waals surface area contributed by atoms with E-state index >= 15 is 0 Å². The highest BCUT2D eigenvalue weighted by atomic mass is 16.3. The molecule has 4 nitrogen and oxygen atoms in total.